The Hall–Kier alpha value is -1.93. The molecular weight excluding hydrogens is 247 g/mol. The summed E-state index contributed by atoms with van der Waals surface area (Å²) in [7, 11) is 0. The van der Waals surface area contributed by atoms with E-state index in [-0.39, 0.29) is 12.0 Å². The highest BCUT2D eigenvalue weighted by molar-refractivity contribution is 5.66. The molecule has 0 radical (unpaired) electrons. The Morgan fingerprint density at radius 2 is 2.26 bits per heavy atom. The summed E-state index contributed by atoms with van der Waals surface area (Å²) in [6.07, 6.45) is 2.11. The molecule has 1 saturated carbocycles. The Balaban J connectivity index is 2.09. The van der Waals surface area contributed by atoms with Crippen LogP contribution in [0.25, 0.3) is 0 Å². The second-order valence-corrected chi connectivity index (χ2v) is 4.74. The average Bonchev–Trinajstić information content (AvgIpc) is 3.20. The van der Waals surface area contributed by atoms with Crippen LogP contribution in [0.4, 0.5) is 4.39 Å². The van der Waals surface area contributed by atoms with Crippen LogP contribution in [0, 0.1) is 17.1 Å². The number of nitriles is 1. The lowest BCUT2D eigenvalue weighted by molar-refractivity contribution is -0.137. The lowest BCUT2D eigenvalue weighted by atomic mass is 10.1. The van der Waals surface area contributed by atoms with Crippen LogP contribution in [-0.2, 0) is 11.3 Å². The van der Waals surface area contributed by atoms with Crippen LogP contribution >= 0.6 is 0 Å². The molecule has 0 unspecified atom stereocenters. The van der Waals surface area contributed by atoms with Crippen LogP contribution in [0.3, 0.4) is 0 Å². The molecule has 4 nitrogen and oxygen atoms in total. The van der Waals surface area contributed by atoms with Crippen molar-refractivity contribution in [1.82, 2.24) is 4.90 Å². The summed E-state index contributed by atoms with van der Waals surface area (Å²) >= 11 is 0. The molecular formula is C14H15FN2O2. The topological polar surface area (TPSA) is 64.3 Å². The molecule has 0 spiro atoms. The summed E-state index contributed by atoms with van der Waals surface area (Å²) in [5.74, 6) is -1.34. The van der Waals surface area contributed by atoms with E-state index < -0.39 is 11.8 Å². The van der Waals surface area contributed by atoms with E-state index in [1.165, 1.54) is 6.07 Å². The van der Waals surface area contributed by atoms with Crippen molar-refractivity contribution in [1.29, 1.82) is 5.26 Å². The van der Waals surface area contributed by atoms with Gasteiger partial charge in [0.25, 0.3) is 0 Å². The van der Waals surface area contributed by atoms with Gasteiger partial charge in [-0.1, -0.05) is 12.1 Å². The predicted octanol–water partition coefficient (Wildman–Crippen LogP) is 2.14. The summed E-state index contributed by atoms with van der Waals surface area (Å²) in [6.45, 7) is 0.773. The highest BCUT2D eigenvalue weighted by Gasteiger charge is 2.29. The average molecular weight is 262 g/mol. The Kier molecular flexibility index (Phi) is 4.13. The number of aliphatic carboxylic acids is 1. The Morgan fingerprint density at radius 1 is 1.53 bits per heavy atom. The second-order valence-electron chi connectivity index (χ2n) is 4.74. The van der Waals surface area contributed by atoms with Crippen molar-refractivity contribution in [2.75, 3.05) is 6.54 Å². The molecule has 19 heavy (non-hydrogen) atoms. The van der Waals surface area contributed by atoms with Gasteiger partial charge in [0.05, 0.1) is 12.0 Å². The largest absolute Gasteiger partial charge is 0.481 e. The molecule has 0 aromatic heterocycles. The van der Waals surface area contributed by atoms with Crippen molar-refractivity contribution in [3.05, 3.63) is 35.1 Å². The smallest absolute Gasteiger partial charge is 0.304 e. The Labute approximate surface area is 111 Å². The van der Waals surface area contributed by atoms with Crippen molar-refractivity contribution >= 4 is 5.97 Å². The number of carbonyl (C=O) groups is 1. The van der Waals surface area contributed by atoms with Gasteiger partial charge in [0.15, 0.2) is 0 Å². The monoisotopic (exact) mass is 262 g/mol. The van der Waals surface area contributed by atoms with E-state index in [0.29, 0.717) is 24.7 Å². The maximum atomic E-state index is 14.0. The zero-order chi connectivity index (χ0) is 13.8. The van der Waals surface area contributed by atoms with Gasteiger partial charge in [-0.2, -0.15) is 5.26 Å². The number of nitrogens with zero attached hydrogens (tertiary/aromatic N) is 2. The maximum Gasteiger partial charge on any atom is 0.304 e. The SMILES string of the molecule is N#Cc1cccc(CN(CCC(=O)O)C2CC2)c1F. The van der Waals surface area contributed by atoms with Gasteiger partial charge in [0, 0.05) is 24.7 Å². The quantitative estimate of drug-likeness (QED) is 0.853. The number of carboxylic acids is 1. The van der Waals surface area contributed by atoms with Crippen LogP contribution in [0.2, 0.25) is 0 Å². The van der Waals surface area contributed by atoms with Crippen LogP contribution < -0.4 is 0 Å². The normalized spacial score (nSPS) is 14.4. The molecule has 1 fully saturated rings. The van der Waals surface area contributed by atoms with Gasteiger partial charge in [0.2, 0.25) is 0 Å². The first-order valence-corrected chi connectivity index (χ1v) is 6.25. The standard InChI is InChI=1S/C14H15FN2O2/c15-14-10(8-16)2-1-3-11(14)9-17(12-4-5-12)7-6-13(18)19/h1-3,12H,4-7,9H2,(H,18,19). The zero-order valence-corrected chi connectivity index (χ0v) is 10.5. The molecule has 5 heteroatoms. The molecule has 0 bridgehead atoms. The fraction of sp³-hybridized carbons (Fsp3) is 0.429. The lowest BCUT2D eigenvalue weighted by Gasteiger charge is -2.21. The van der Waals surface area contributed by atoms with Crippen LogP contribution in [0.1, 0.15) is 30.4 Å². The summed E-state index contributed by atoms with van der Waals surface area (Å²) in [6, 6.07) is 6.91. The molecule has 1 N–H and O–H groups in total. The third kappa shape index (κ3) is 3.52. The van der Waals surface area contributed by atoms with E-state index in [1.54, 1.807) is 12.1 Å². The zero-order valence-electron chi connectivity index (χ0n) is 10.5. The first kappa shape index (κ1) is 13.5. The summed E-state index contributed by atoms with van der Waals surface area (Å²) in [5.41, 5.74) is 0.489. The highest BCUT2D eigenvalue weighted by atomic mass is 19.1. The van der Waals surface area contributed by atoms with Crippen molar-refractivity contribution in [3.8, 4) is 6.07 Å². The van der Waals surface area contributed by atoms with Gasteiger partial charge in [-0.25, -0.2) is 4.39 Å². The Bertz CT molecular complexity index is 521. The lowest BCUT2D eigenvalue weighted by Crippen LogP contribution is -2.28. The molecule has 1 aromatic rings. The van der Waals surface area contributed by atoms with Gasteiger partial charge in [0.1, 0.15) is 11.9 Å². The maximum absolute atomic E-state index is 14.0. The van der Waals surface area contributed by atoms with Gasteiger partial charge < -0.3 is 5.11 Å². The number of carboxylic acid groups (broad SMARTS) is 1. The molecule has 1 aliphatic carbocycles. The number of rotatable bonds is 6. The van der Waals surface area contributed by atoms with E-state index in [0.717, 1.165) is 12.8 Å². The van der Waals surface area contributed by atoms with Crippen molar-refractivity contribution in [3.63, 3.8) is 0 Å². The minimum absolute atomic E-state index is 0.0338. The number of benzene rings is 1. The summed E-state index contributed by atoms with van der Waals surface area (Å²) in [4.78, 5) is 12.6. The van der Waals surface area contributed by atoms with Crippen LogP contribution in [0.5, 0.6) is 0 Å². The van der Waals surface area contributed by atoms with E-state index in [9.17, 15) is 9.18 Å². The molecule has 0 saturated heterocycles. The molecule has 0 aliphatic heterocycles. The molecule has 0 amide bonds. The minimum atomic E-state index is -0.850. The molecule has 0 heterocycles. The van der Waals surface area contributed by atoms with Gasteiger partial charge in [-0.15, -0.1) is 0 Å². The first-order valence-electron chi connectivity index (χ1n) is 6.25. The molecule has 100 valence electrons. The first-order chi connectivity index (χ1) is 9.11. The fourth-order valence-corrected chi connectivity index (χ4v) is 2.08. The van der Waals surface area contributed by atoms with E-state index in [2.05, 4.69) is 0 Å². The van der Waals surface area contributed by atoms with E-state index in [1.807, 2.05) is 11.0 Å². The van der Waals surface area contributed by atoms with Crippen LogP contribution in [-0.4, -0.2) is 28.6 Å². The molecule has 1 aromatic carbocycles. The molecule has 0 atom stereocenters. The fourth-order valence-electron chi connectivity index (χ4n) is 2.08. The minimum Gasteiger partial charge on any atom is -0.481 e. The van der Waals surface area contributed by atoms with Crippen molar-refractivity contribution in [2.45, 2.75) is 31.8 Å². The molecule has 2 rings (SSSR count). The van der Waals surface area contributed by atoms with Gasteiger partial charge in [-0.05, 0) is 18.9 Å². The third-order valence-corrected chi connectivity index (χ3v) is 3.25. The number of hydrogen-bond acceptors (Lipinski definition) is 3. The Morgan fingerprint density at radius 3 is 2.84 bits per heavy atom. The van der Waals surface area contributed by atoms with E-state index >= 15 is 0 Å². The van der Waals surface area contributed by atoms with Crippen LogP contribution in [0.15, 0.2) is 18.2 Å². The number of hydrogen-bond donors (Lipinski definition) is 1. The summed E-state index contributed by atoms with van der Waals surface area (Å²) in [5, 5.41) is 17.5. The summed E-state index contributed by atoms with van der Waals surface area (Å²) < 4.78 is 14.0. The van der Waals surface area contributed by atoms with Gasteiger partial charge in [-0.3, -0.25) is 9.69 Å². The van der Waals surface area contributed by atoms with E-state index in [4.69, 9.17) is 10.4 Å². The number of halogens is 1. The second kappa shape index (κ2) is 5.81. The predicted molar refractivity (Wildman–Crippen MR) is 66.8 cm³/mol. The molecule has 1 aliphatic rings. The highest BCUT2D eigenvalue weighted by Crippen LogP contribution is 2.29. The van der Waals surface area contributed by atoms with Crippen molar-refractivity contribution < 1.29 is 14.3 Å². The van der Waals surface area contributed by atoms with Crippen molar-refractivity contribution in [2.24, 2.45) is 0 Å². The van der Waals surface area contributed by atoms with Gasteiger partial charge >= 0.3 is 5.97 Å². The third-order valence-electron chi connectivity index (χ3n) is 3.25.